The number of amides is 3. The van der Waals surface area contributed by atoms with Crippen molar-refractivity contribution in [2.45, 2.75) is 26.8 Å². The van der Waals surface area contributed by atoms with Crippen molar-refractivity contribution >= 4 is 29.1 Å². The van der Waals surface area contributed by atoms with Gasteiger partial charge in [0.2, 0.25) is 11.8 Å². The van der Waals surface area contributed by atoms with Crippen LogP contribution >= 0.6 is 11.3 Å². The molecule has 1 aromatic heterocycles. The summed E-state index contributed by atoms with van der Waals surface area (Å²) in [6.45, 7) is 8.99. The lowest BCUT2D eigenvalue weighted by molar-refractivity contribution is -0.134. The molecule has 0 aliphatic carbocycles. The third kappa shape index (κ3) is 5.81. The third-order valence-electron chi connectivity index (χ3n) is 4.27. The molecule has 0 spiro atoms. The minimum Gasteiger partial charge on any atom is -0.353 e. The fraction of sp³-hybridized carbons (Fsp3) is 0.611. The van der Waals surface area contributed by atoms with Crippen molar-refractivity contribution in [3.05, 3.63) is 22.4 Å². The van der Waals surface area contributed by atoms with Gasteiger partial charge in [0.1, 0.15) is 0 Å². The molecule has 0 aromatic carbocycles. The number of nitrogens with zero attached hydrogens (tertiary/aromatic N) is 3. The van der Waals surface area contributed by atoms with Crippen molar-refractivity contribution in [1.82, 2.24) is 20.0 Å². The van der Waals surface area contributed by atoms with Gasteiger partial charge in [-0.15, -0.1) is 11.3 Å². The van der Waals surface area contributed by atoms with Crippen LogP contribution in [0.25, 0.3) is 0 Å². The molecule has 1 N–H and O–H groups in total. The normalized spacial score (nSPS) is 14.8. The number of carbonyl (C=O) groups is 3. The second kappa shape index (κ2) is 9.68. The van der Waals surface area contributed by atoms with Crippen LogP contribution in [-0.2, 0) is 9.59 Å². The zero-order valence-corrected chi connectivity index (χ0v) is 16.6. The largest absolute Gasteiger partial charge is 0.353 e. The van der Waals surface area contributed by atoms with Gasteiger partial charge in [-0.25, -0.2) is 0 Å². The first-order valence-corrected chi connectivity index (χ1v) is 9.91. The van der Waals surface area contributed by atoms with Crippen LogP contribution in [-0.4, -0.2) is 84.3 Å². The van der Waals surface area contributed by atoms with Gasteiger partial charge in [-0.1, -0.05) is 13.0 Å². The summed E-state index contributed by atoms with van der Waals surface area (Å²) < 4.78 is 0. The molecule has 0 atom stereocenters. The molecule has 1 aliphatic rings. The Balaban J connectivity index is 1.79. The first kappa shape index (κ1) is 20.4. The van der Waals surface area contributed by atoms with Crippen LogP contribution < -0.4 is 5.32 Å². The van der Waals surface area contributed by atoms with Crippen molar-refractivity contribution in [2.75, 3.05) is 45.8 Å². The van der Waals surface area contributed by atoms with Gasteiger partial charge in [-0.2, -0.15) is 0 Å². The van der Waals surface area contributed by atoms with E-state index in [9.17, 15) is 14.4 Å². The van der Waals surface area contributed by atoms with Crippen LogP contribution in [0.5, 0.6) is 0 Å². The van der Waals surface area contributed by atoms with E-state index in [4.69, 9.17) is 0 Å². The van der Waals surface area contributed by atoms with E-state index in [0.29, 0.717) is 32.7 Å². The highest BCUT2D eigenvalue weighted by Crippen LogP contribution is 2.14. The lowest BCUT2D eigenvalue weighted by Gasteiger charge is -2.35. The highest BCUT2D eigenvalue weighted by Gasteiger charge is 2.26. The fourth-order valence-corrected chi connectivity index (χ4v) is 3.55. The molecule has 0 bridgehead atoms. The summed E-state index contributed by atoms with van der Waals surface area (Å²) in [5.74, 6) is -0.0268. The number of piperazine rings is 1. The second-order valence-corrected chi connectivity index (χ2v) is 7.62. The minimum atomic E-state index is -0.0685. The molecule has 1 aromatic rings. The topological polar surface area (TPSA) is 73.0 Å². The molecule has 0 radical (unpaired) electrons. The van der Waals surface area contributed by atoms with Crippen molar-refractivity contribution in [2.24, 2.45) is 0 Å². The average Bonchev–Trinajstić information content (AvgIpc) is 3.14. The van der Waals surface area contributed by atoms with E-state index in [-0.39, 0.29) is 36.9 Å². The molecule has 1 fully saturated rings. The number of nitrogens with one attached hydrogen (secondary N) is 1. The summed E-state index contributed by atoms with van der Waals surface area (Å²) in [6.07, 6.45) is 0. The van der Waals surface area contributed by atoms with Gasteiger partial charge in [0, 0.05) is 32.2 Å². The second-order valence-electron chi connectivity index (χ2n) is 6.68. The van der Waals surface area contributed by atoms with E-state index in [1.54, 1.807) is 9.80 Å². The molecule has 3 amide bonds. The van der Waals surface area contributed by atoms with Crippen LogP contribution in [0.15, 0.2) is 17.5 Å². The highest BCUT2D eigenvalue weighted by molar-refractivity contribution is 7.12. The number of hydrogen-bond donors (Lipinski definition) is 1. The molecule has 0 saturated carbocycles. The van der Waals surface area contributed by atoms with Crippen LogP contribution in [0.4, 0.5) is 0 Å². The molecule has 144 valence electrons. The van der Waals surface area contributed by atoms with Crippen LogP contribution in [0, 0.1) is 0 Å². The molecule has 1 aliphatic heterocycles. The maximum absolute atomic E-state index is 12.5. The lowest BCUT2D eigenvalue weighted by Crippen LogP contribution is -2.53. The molecule has 8 heteroatoms. The molecule has 0 unspecified atom stereocenters. The van der Waals surface area contributed by atoms with Gasteiger partial charge in [-0.05, 0) is 31.8 Å². The first-order valence-electron chi connectivity index (χ1n) is 9.03. The molecular weight excluding hydrogens is 352 g/mol. The number of likely N-dealkylation sites (N-methyl/N-ethyl adjacent to an activating group) is 1. The SMILES string of the molecule is CCN(CC(=O)NC(C)C)CC(=O)N1CCN(C(=O)c2cccs2)CC1. The molecule has 2 heterocycles. The van der Waals surface area contributed by atoms with E-state index in [2.05, 4.69) is 5.32 Å². The van der Waals surface area contributed by atoms with E-state index in [0.717, 1.165) is 4.88 Å². The maximum Gasteiger partial charge on any atom is 0.264 e. The summed E-state index contributed by atoms with van der Waals surface area (Å²) >= 11 is 1.44. The Morgan fingerprint density at radius 3 is 2.35 bits per heavy atom. The molecule has 26 heavy (non-hydrogen) atoms. The zero-order valence-electron chi connectivity index (χ0n) is 15.7. The number of hydrogen-bond acceptors (Lipinski definition) is 5. The van der Waals surface area contributed by atoms with Gasteiger partial charge in [-0.3, -0.25) is 19.3 Å². The minimum absolute atomic E-state index is 0.00687. The Hall–Kier alpha value is -1.93. The van der Waals surface area contributed by atoms with Crippen LogP contribution in [0.2, 0.25) is 0 Å². The van der Waals surface area contributed by atoms with Crippen molar-refractivity contribution in [1.29, 1.82) is 0 Å². The standard InChI is InChI=1S/C18H28N4O3S/c1-4-20(12-16(23)19-14(2)3)13-17(24)21-7-9-22(10-8-21)18(25)15-6-5-11-26-15/h5-6,11,14H,4,7-10,12-13H2,1-3H3,(H,19,23). The van der Waals surface area contributed by atoms with E-state index in [1.807, 2.05) is 43.2 Å². The van der Waals surface area contributed by atoms with Gasteiger partial charge >= 0.3 is 0 Å². The summed E-state index contributed by atoms with van der Waals surface area (Å²) in [5, 5.41) is 4.73. The van der Waals surface area contributed by atoms with E-state index >= 15 is 0 Å². The summed E-state index contributed by atoms with van der Waals surface area (Å²) in [7, 11) is 0. The lowest BCUT2D eigenvalue weighted by atomic mass is 10.2. The summed E-state index contributed by atoms with van der Waals surface area (Å²) in [6, 6.07) is 3.78. The third-order valence-corrected chi connectivity index (χ3v) is 5.13. The zero-order chi connectivity index (χ0) is 19.1. The highest BCUT2D eigenvalue weighted by atomic mass is 32.1. The van der Waals surface area contributed by atoms with Crippen molar-refractivity contribution < 1.29 is 14.4 Å². The smallest absolute Gasteiger partial charge is 0.264 e. The van der Waals surface area contributed by atoms with Crippen molar-refractivity contribution in [3.63, 3.8) is 0 Å². The Labute approximate surface area is 158 Å². The molecule has 7 nitrogen and oxygen atoms in total. The van der Waals surface area contributed by atoms with E-state index < -0.39 is 0 Å². The van der Waals surface area contributed by atoms with Gasteiger partial charge < -0.3 is 15.1 Å². The van der Waals surface area contributed by atoms with Gasteiger partial charge in [0.25, 0.3) is 5.91 Å². The van der Waals surface area contributed by atoms with E-state index in [1.165, 1.54) is 11.3 Å². The average molecular weight is 381 g/mol. The van der Waals surface area contributed by atoms with Gasteiger partial charge in [0.15, 0.2) is 0 Å². The Kier molecular flexibility index (Phi) is 7.59. The summed E-state index contributed by atoms with van der Waals surface area (Å²) in [5.41, 5.74) is 0. The predicted octanol–water partition coefficient (Wildman–Crippen LogP) is 0.879. The Morgan fingerprint density at radius 2 is 1.81 bits per heavy atom. The maximum atomic E-state index is 12.5. The molecule has 1 saturated heterocycles. The van der Waals surface area contributed by atoms with Crippen LogP contribution in [0.3, 0.4) is 0 Å². The van der Waals surface area contributed by atoms with Gasteiger partial charge in [0.05, 0.1) is 18.0 Å². The summed E-state index contributed by atoms with van der Waals surface area (Å²) in [4.78, 5) is 42.9. The predicted molar refractivity (Wildman–Crippen MR) is 102 cm³/mol. The number of thiophene rings is 1. The number of rotatable bonds is 7. The quantitative estimate of drug-likeness (QED) is 0.762. The first-order chi connectivity index (χ1) is 12.4. The molecular formula is C18H28N4O3S. The Bertz CT molecular complexity index is 610. The monoisotopic (exact) mass is 380 g/mol. The van der Waals surface area contributed by atoms with Crippen LogP contribution in [0.1, 0.15) is 30.4 Å². The molecule has 2 rings (SSSR count). The Morgan fingerprint density at radius 1 is 1.15 bits per heavy atom. The van der Waals surface area contributed by atoms with Crippen molar-refractivity contribution in [3.8, 4) is 0 Å². The fourth-order valence-electron chi connectivity index (χ4n) is 2.86. The number of carbonyl (C=O) groups excluding carboxylic acids is 3.